The van der Waals surface area contributed by atoms with Gasteiger partial charge in [-0.25, -0.2) is 4.98 Å². The summed E-state index contributed by atoms with van der Waals surface area (Å²) in [5.41, 5.74) is 0. The molecule has 2 N–H and O–H groups in total. The maximum absolute atomic E-state index is 4.43. The van der Waals surface area contributed by atoms with Crippen LogP contribution < -0.4 is 10.6 Å². The number of nitrogens with one attached hydrogen (secondary N) is 2. The Morgan fingerprint density at radius 1 is 1.37 bits per heavy atom. The van der Waals surface area contributed by atoms with Gasteiger partial charge in [0.1, 0.15) is 5.82 Å². The quantitative estimate of drug-likeness (QED) is 0.870. The van der Waals surface area contributed by atoms with Crippen LogP contribution in [0.3, 0.4) is 0 Å². The van der Waals surface area contributed by atoms with Crippen LogP contribution >= 0.6 is 15.9 Å². The van der Waals surface area contributed by atoms with Crippen LogP contribution in [-0.2, 0) is 0 Å². The molecule has 0 aliphatic carbocycles. The third-order valence-corrected chi connectivity index (χ3v) is 3.91. The van der Waals surface area contributed by atoms with Gasteiger partial charge in [-0.15, -0.1) is 0 Å². The maximum Gasteiger partial charge on any atom is 0.224 e. The van der Waals surface area contributed by atoms with E-state index in [1.807, 2.05) is 7.05 Å². The van der Waals surface area contributed by atoms with E-state index in [1.165, 1.54) is 32.4 Å². The zero-order chi connectivity index (χ0) is 13.7. The minimum absolute atomic E-state index is 0.369. The number of rotatable bonds is 5. The van der Waals surface area contributed by atoms with Gasteiger partial charge in [0, 0.05) is 25.8 Å². The molecule has 1 unspecified atom stereocenters. The summed E-state index contributed by atoms with van der Waals surface area (Å²) in [5.74, 6) is 1.49. The molecule has 0 spiro atoms. The summed E-state index contributed by atoms with van der Waals surface area (Å²) in [6, 6.07) is 0.369. The molecule has 1 aromatic rings. The third-order valence-electron chi connectivity index (χ3n) is 3.33. The summed E-state index contributed by atoms with van der Waals surface area (Å²) in [6.07, 6.45) is 5.80. The summed E-state index contributed by atoms with van der Waals surface area (Å²) in [6.45, 7) is 5.70. The molecule has 0 aromatic carbocycles. The molecular weight excluding hydrogens is 306 g/mol. The highest BCUT2D eigenvalue weighted by Gasteiger charge is 2.14. The minimum Gasteiger partial charge on any atom is -0.365 e. The molecule has 2 heterocycles. The zero-order valence-electron chi connectivity index (χ0n) is 11.6. The van der Waals surface area contributed by atoms with Crippen LogP contribution in [-0.4, -0.2) is 47.6 Å². The van der Waals surface area contributed by atoms with E-state index >= 15 is 0 Å². The van der Waals surface area contributed by atoms with Crippen LogP contribution in [0.25, 0.3) is 0 Å². The number of hydrogen-bond acceptors (Lipinski definition) is 5. The first-order valence-electron chi connectivity index (χ1n) is 6.88. The van der Waals surface area contributed by atoms with Crippen molar-refractivity contribution in [2.45, 2.75) is 32.2 Å². The lowest BCUT2D eigenvalue weighted by Crippen LogP contribution is -2.38. The van der Waals surface area contributed by atoms with Crippen molar-refractivity contribution in [3.63, 3.8) is 0 Å². The van der Waals surface area contributed by atoms with E-state index < -0.39 is 0 Å². The number of hydrogen-bond donors (Lipinski definition) is 2. The van der Waals surface area contributed by atoms with Crippen molar-refractivity contribution in [2.75, 3.05) is 37.3 Å². The predicted octanol–water partition coefficient (Wildman–Crippen LogP) is 2.57. The summed E-state index contributed by atoms with van der Waals surface area (Å²) < 4.78 is 0.900. The molecule has 0 radical (unpaired) electrons. The van der Waals surface area contributed by atoms with Crippen LogP contribution in [0, 0.1) is 0 Å². The Balaban J connectivity index is 1.92. The van der Waals surface area contributed by atoms with Crippen LogP contribution in [0.4, 0.5) is 11.8 Å². The highest BCUT2D eigenvalue weighted by atomic mass is 79.9. The molecule has 2 rings (SSSR count). The molecule has 6 heteroatoms. The lowest BCUT2D eigenvalue weighted by molar-refractivity contribution is 0.223. The van der Waals surface area contributed by atoms with Gasteiger partial charge in [0.25, 0.3) is 0 Å². The van der Waals surface area contributed by atoms with Gasteiger partial charge in [-0.1, -0.05) is 6.42 Å². The third kappa shape index (κ3) is 4.31. The highest BCUT2D eigenvalue weighted by molar-refractivity contribution is 9.10. The number of anilines is 2. The van der Waals surface area contributed by atoms with E-state index in [9.17, 15) is 0 Å². The van der Waals surface area contributed by atoms with Crippen LogP contribution in [0.2, 0.25) is 0 Å². The number of aromatic nitrogens is 2. The molecule has 1 aliphatic heterocycles. The lowest BCUT2D eigenvalue weighted by atomic mass is 10.1. The van der Waals surface area contributed by atoms with E-state index in [2.05, 4.69) is 48.4 Å². The monoisotopic (exact) mass is 327 g/mol. The smallest absolute Gasteiger partial charge is 0.224 e. The summed E-state index contributed by atoms with van der Waals surface area (Å²) in [4.78, 5) is 11.1. The van der Waals surface area contributed by atoms with Gasteiger partial charge in [0.05, 0.1) is 4.47 Å². The van der Waals surface area contributed by atoms with Crippen molar-refractivity contribution in [3.8, 4) is 0 Å². The van der Waals surface area contributed by atoms with Crippen LogP contribution in [0.1, 0.15) is 26.2 Å². The molecule has 0 bridgehead atoms. The van der Waals surface area contributed by atoms with E-state index in [-0.39, 0.29) is 0 Å². The summed E-state index contributed by atoms with van der Waals surface area (Å²) >= 11 is 3.48. The van der Waals surface area contributed by atoms with Gasteiger partial charge in [0.2, 0.25) is 5.95 Å². The average molecular weight is 328 g/mol. The van der Waals surface area contributed by atoms with E-state index in [1.54, 1.807) is 6.20 Å². The van der Waals surface area contributed by atoms with Gasteiger partial charge in [-0.05, 0) is 48.8 Å². The number of halogens is 1. The molecule has 1 aliphatic rings. The van der Waals surface area contributed by atoms with Crippen LogP contribution in [0.5, 0.6) is 0 Å². The second kappa shape index (κ2) is 7.05. The SMILES string of the molecule is CNc1ncc(Br)c(NC(C)CN2CCCCC2)n1. The first kappa shape index (κ1) is 14.5. The Hall–Kier alpha value is -0.880. The highest BCUT2D eigenvalue weighted by Crippen LogP contribution is 2.21. The molecule has 1 fully saturated rings. The van der Waals surface area contributed by atoms with E-state index in [0.717, 1.165) is 16.8 Å². The fourth-order valence-corrected chi connectivity index (χ4v) is 2.70. The Labute approximate surface area is 123 Å². The topological polar surface area (TPSA) is 53.1 Å². The standard InChI is InChI=1S/C13H22BrN5/c1-10(9-19-6-4-3-5-7-19)17-12-11(14)8-16-13(15-2)18-12/h8,10H,3-7,9H2,1-2H3,(H2,15,16,17,18). The maximum atomic E-state index is 4.43. The lowest BCUT2D eigenvalue weighted by Gasteiger charge is -2.29. The van der Waals surface area contributed by atoms with Crippen molar-refractivity contribution in [1.82, 2.24) is 14.9 Å². The fourth-order valence-electron chi connectivity index (χ4n) is 2.40. The normalized spacial score (nSPS) is 18.1. The van der Waals surface area contributed by atoms with Crippen molar-refractivity contribution in [3.05, 3.63) is 10.7 Å². The second-order valence-electron chi connectivity index (χ2n) is 5.05. The molecule has 19 heavy (non-hydrogen) atoms. The van der Waals surface area contributed by atoms with Crippen molar-refractivity contribution >= 4 is 27.7 Å². The Bertz CT molecular complexity index is 406. The second-order valence-corrected chi connectivity index (χ2v) is 5.90. The van der Waals surface area contributed by atoms with Crippen molar-refractivity contribution in [1.29, 1.82) is 0 Å². The summed E-state index contributed by atoms with van der Waals surface area (Å²) in [7, 11) is 1.82. The Kier molecular flexibility index (Phi) is 5.39. The van der Waals surface area contributed by atoms with Gasteiger partial charge >= 0.3 is 0 Å². The average Bonchev–Trinajstić information content (AvgIpc) is 2.42. The Morgan fingerprint density at radius 3 is 2.79 bits per heavy atom. The number of piperidine rings is 1. The molecule has 5 nitrogen and oxygen atoms in total. The molecule has 1 atom stereocenters. The van der Waals surface area contributed by atoms with Gasteiger partial charge in [-0.2, -0.15) is 4.98 Å². The van der Waals surface area contributed by atoms with Crippen molar-refractivity contribution < 1.29 is 0 Å². The molecule has 106 valence electrons. The molecule has 1 saturated heterocycles. The molecule has 0 amide bonds. The van der Waals surface area contributed by atoms with Gasteiger partial charge < -0.3 is 15.5 Å². The van der Waals surface area contributed by atoms with E-state index in [0.29, 0.717) is 12.0 Å². The summed E-state index contributed by atoms with van der Waals surface area (Å²) in [5, 5.41) is 6.41. The fraction of sp³-hybridized carbons (Fsp3) is 0.692. The number of likely N-dealkylation sites (tertiary alicyclic amines) is 1. The van der Waals surface area contributed by atoms with Gasteiger partial charge in [-0.3, -0.25) is 0 Å². The number of nitrogens with zero attached hydrogens (tertiary/aromatic N) is 3. The van der Waals surface area contributed by atoms with Crippen LogP contribution in [0.15, 0.2) is 10.7 Å². The van der Waals surface area contributed by atoms with Gasteiger partial charge in [0.15, 0.2) is 0 Å². The molecule has 1 aromatic heterocycles. The minimum atomic E-state index is 0.369. The van der Waals surface area contributed by atoms with E-state index in [4.69, 9.17) is 0 Å². The predicted molar refractivity (Wildman–Crippen MR) is 82.7 cm³/mol. The first-order chi connectivity index (χ1) is 9.19. The largest absolute Gasteiger partial charge is 0.365 e. The molecule has 0 saturated carbocycles. The van der Waals surface area contributed by atoms with Crippen molar-refractivity contribution in [2.24, 2.45) is 0 Å². The first-order valence-corrected chi connectivity index (χ1v) is 7.67. The Morgan fingerprint density at radius 2 is 2.11 bits per heavy atom. The molecular formula is C13H22BrN5. The zero-order valence-corrected chi connectivity index (χ0v) is 13.2.